The van der Waals surface area contributed by atoms with Gasteiger partial charge >= 0.3 is 0 Å². The molecule has 2 rings (SSSR count). The molecule has 0 aliphatic heterocycles. The van der Waals surface area contributed by atoms with E-state index in [1.54, 1.807) is 6.07 Å². The van der Waals surface area contributed by atoms with Crippen molar-refractivity contribution < 1.29 is 4.92 Å². The van der Waals surface area contributed by atoms with Crippen molar-refractivity contribution in [1.29, 1.82) is 0 Å². The van der Waals surface area contributed by atoms with Gasteiger partial charge in [0.2, 0.25) is 0 Å². The molecule has 0 N–H and O–H groups in total. The number of rotatable bonds is 2. The van der Waals surface area contributed by atoms with Crippen molar-refractivity contribution >= 4 is 11.4 Å². The molecule has 0 unspecified atom stereocenters. The number of hydrogen-bond donors (Lipinski definition) is 0. The van der Waals surface area contributed by atoms with Crippen molar-refractivity contribution in [3.05, 3.63) is 69.8 Å². The van der Waals surface area contributed by atoms with Gasteiger partial charge in [-0.15, -0.1) is 0 Å². The lowest BCUT2D eigenvalue weighted by Crippen LogP contribution is -2.10. The van der Waals surface area contributed by atoms with E-state index < -0.39 is 4.92 Å². The van der Waals surface area contributed by atoms with Crippen LogP contribution in [0.4, 0.5) is 11.4 Å². The van der Waals surface area contributed by atoms with Crippen LogP contribution in [0.1, 0.15) is 11.1 Å². The number of benzene rings is 2. The second-order valence-electron chi connectivity index (χ2n) is 4.47. The Morgan fingerprint density at radius 1 is 1.05 bits per heavy atom. The van der Waals surface area contributed by atoms with E-state index in [0.717, 1.165) is 11.3 Å². The molecule has 0 saturated heterocycles. The summed E-state index contributed by atoms with van der Waals surface area (Å²) in [6.07, 6.45) is 0. The highest BCUT2D eigenvalue weighted by Crippen LogP contribution is 2.23. The molecule has 0 atom stereocenters. The van der Waals surface area contributed by atoms with E-state index in [2.05, 4.69) is 11.8 Å². The minimum Gasteiger partial charge on any atom is -0.377 e. The molecule has 2 aromatic rings. The van der Waals surface area contributed by atoms with Crippen LogP contribution in [0.25, 0.3) is 0 Å². The van der Waals surface area contributed by atoms with Gasteiger partial charge in [-0.05, 0) is 18.2 Å². The fourth-order valence-electron chi connectivity index (χ4n) is 1.79. The fourth-order valence-corrected chi connectivity index (χ4v) is 1.79. The van der Waals surface area contributed by atoms with E-state index in [1.165, 1.54) is 12.1 Å². The van der Waals surface area contributed by atoms with Gasteiger partial charge in [0.15, 0.2) is 0 Å². The molecule has 0 radical (unpaired) electrons. The molecule has 0 fully saturated rings. The van der Waals surface area contributed by atoms with E-state index in [4.69, 9.17) is 0 Å². The van der Waals surface area contributed by atoms with Crippen molar-refractivity contribution in [2.75, 3.05) is 19.0 Å². The number of anilines is 1. The summed E-state index contributed by atoms with van der Waals surface area (Å²) in [5.74, 6) is 6.03. The first-order valence-corrected chi connectivity index (χ1v) is 6.11. The second kappa shape index (κ2) is 5.89. The first-order chi connectivity index (χ1) is 9.58. The summed E-state index contributed by atoms with van der Waals surface area (Å²) >= 11 is 0. The van der Waals surface area contributed by atoms with Crippen molar-refractivity contribution in [1.82, 2.24) is 0 Å². The number of non-ortho nitro benzene ring substituents is 1. The fraction of sp³-hybridized carbons (Fsp3) is 0.125. The molecule has 0 aliphatic rings. The standard InChI is InChI=1S/C16H14N2O2/c1-17(2)16-11-10-15(18(19)20)12-14(16)9-8-13-6-4-3-5-7-13/h3-7,10-12H,1-2H3. The summed E-state index contributed by atoms with van der Waals surface area (Å²) in [4.78, 5) is 12.3. The van der Waals surface area contributed by atoms with Gasteiger partial charge in [0, 0.05) is 31.8 Å². The predicted octanol–water partition coefficient (Wildman–Crippen LogP) is 3.06. The SMILES string of the molecule is CN(C)c1ccc([N+](=O)[O-])cc1C#Cc1ccccc1. The quantitative estimate of drug-likeness (QED) is 0.477. The van der Waals surface area contributed by atoms with Gasteiger partial charge in [-0.25, -0.2) is 0 Å². The van der Waals surface area contributed by atoms with Crippen LogP contribution in [0, 0.1) is 22.0 Å². The zero-order chi connectivity index (χ0) is 14.5. The van der Waals surface area contributed by atoms with Gasteiger partial charge in [0.25, 0.3) is 5.69 Å². The molecule has 2 aromatic carbocycles. The van der Waals surface area contributed by atoms with Gasteiger partial charge in [-0.2, -0.15) is 0 Å². The smallest absolute Gasteiger partial charge is 0.270 e. The van der Waals surface area contributed by atoms with Gasteiger partial charge in [-0.3, -0.25) is 10.1 Å². The lowest BCUT2D eigenvalue weighted by molar-refractivity contribution is -0.384. The Labute approximate surface area is 117 Å². The largest absolute Gasteiger partial charge is 0.377 e. The maximum atomic E-state index is 10.9. The summed E-state index contributed by atoms with van der Waals surface area (Å²) in [5, 5.41) is 10.9. The number of nitro groups is 1. The lowest BCUT2D eigenvalue weighted by Gasteiger charge is -2.14. The normalized spacial score (nSPS) is 9.50. The maximum Gasteiger partial charge on any atom is 0.270 e. The van der Waals surface area contributed by atoms with E-state index in [9.17, 15) is 10.1 Å². The van der Waals surface area contributed by atoms with Gasteiger partial charge in [-0.1, -0.05) is 30.0 Å². The molecule has 0 spiro atoms. The van der Waals surface area contributed by atoms with Crippen molar-refractivity contribution in [3.8, 4) is 11.8 Å². The van der Waals surface area contributed by atoms with Crippen molar-refractivity contribution in [3.63, 3.8) is 0 Å². The summed E-state index contributed by atoms with van der Waals surface area (Å²) < 4.78 is 0. The minimum absolute atomic E-state index is 0.0490. The zero-order valence-electron chi connectivity index (χ0n) is 11.3. The van der Waals surface area contributed by atoms with E-state index in [0.29, 0.717) is 5.56 Å². The van der Waals surface area contributed by atoms with Crippen molar-refractivity contribution in [2.24, 2.45) is 0 Å². The minimum atomic E-state index is -0.410. The van der Waals surface area contributed by atoms with Crippen LogP contribution in [0.3, 0.4) is 0 Å². The summed E-state index contributed by atoms with van der Waals surface area (Å²) in [6, 6.07) is 14.2. The van der Waals surface area contributed by atoms with E-state index in [1.807, 2.05) is 49.3 Å². The molecule has 0 aromatic heterocycles. The Hall–Kier alpha value is -2.80. The van der Waals surface area contributed by atoms with Crippen LogP contribution in [0.15, 0.2) is 48.5 Å². The molecule has 100 valence electrons. The summed E-state index contributed by atoms with van der Waals surface area (Å²) in [7, 11) is 3.77. The third-order valence-corrected chi connectivity index (χ3v) is 2.79. The predicted molar refractivity (Wildman–Crippen MR) is 79.8 cm³/mol. The molecule has 4 nitrogen and oxygen atoms in total. The summed E-state index contributed by atoms with van der Waals surface area (Å²) in [6.45, 7) is 0. The van der Waals surface area contributed by atoms with Gasteiger partial charge in [0.1, 0.15) is 0 Å². The van der Waals surface area contributed by atoms with Crippen LogP contribution in [-0.4, -0.2) is 19.0 Å². The first kappa shape index (κ1) is 13.6. The molecular weight excluding hydrogens is 252 g/mol. The van der Waals surface area contributed by atoms with Gasteiger partial charge < -0.3 is 4.90 Å². The monoisotopic (exact) mass is 266 g/mol. The Morgan fingerprint density at radius 3 is 2.35 bits per heavy atom. The van der Waals surface area contributed by atoms with E-state index in [-0.39, 0.29) is 5.69 Å². The molecule has 0 saturated carbocycles. The third kappa shape index (κ3) is 3.15. The highest BCUT2D eigenvalue weighted by Gasteiger charge is 2.10. The van der Waals surface area contributed by atoms with Crippen LogP contribution >= 0.6 is 0 Å². The van der Waals surface area contributed by atoms with Crippen LogP contribution < -0.4 is 4.90 Å². The molecule has 4 heteroatoms. The number of nitro benzene ring substituents is 1. The summed E-state index contributed by atoms with van der Waals surface area (Å²) in [5.41, 5.74) is 2.43. The number of hydrogen-bond acceptors (Lipinski definition) is 3. The topological polar surface area (TPSA) is 46.4 Å². The van der Waals surface area contributed by atoms with Crippen LogP contribution in [-0.2, 0) is 0 Å². The molecule has 0 aliphatic carbocycles. The number of nitrogens with zero attached hydrogens (tertiary/aromatic N) is 2. The Bertz CT molecular complexity index is 683. The van der Waals surface area contributed by atoms with Crippen LogP contribution in [0.5, 0.6) is 0 Å². The molecular formula is C16H14N2O2. The lowest BCUT2D eigenvalue weighted by atomic mass is 10.1. The van der Waals surface area contributed by atoms with Crippen LogP contribution in [0.2, 0.25) is 0 Å². The van der Waals surface area contributed by atoms with Crippen molar-refractivity contribution in [2.45, 2.75) is 0 Å². The van der Waals surface area contributed by atoms with Gasteiger partial charge in [0.05, 0.1) is 16.2 Å². The maximum absolute atomic E-state index is 10.9. The third-order valence-electron chi connectivity index (χ3n) is 2.79. The molecule has 20 heavy (non-hydrogen) atoms. The average molecular weight is 266 g/mol. The zero-order valence-corrected chi connectivity index (χ0v) is 11.3. The first-order valence-electron chi connectivity index (χ1n) is 6.11. The molecule has 0 bridgehead atoms. The second-order valence-corrected chi connectivity index (χ2v) is 4.47. The molecule has 0 amide bonds. The highest BCUT2D eigenvalue weighted by atomic mass is 16.6. The Morgan fingerprint density at radius 2 is 1.75 bits per heavy atom. The Kier molecular flexibility index (Phi) is 4.02. The van der Waals surface area contributed by atoms with E-state index >= 15 is 0 Å². The molecule has 0 heterocycles. The highest BCUT2D eigenvalue weighted by molar-refractivity contribution is 5.64. The average Bonchev–Trinajstić information content (AvgIpc) is 2.45. The Balaban J connectivity index is 2.46.